The van der Waals surface area contributed by atoms with E-state index in [9.17, 15) is 14.4 Å². The normalized spacial score (nSPS) is 15.3. The summed E-state index contributed by atoms with van der Waals surface area (Å²) in [7, 11) is 1.56. The van der Waals surface area contributed by atoms with Crippen LogP contribution in [-0.2, 0) is 14.3 Å². The Hall–Kier alpha value is -4.40. The molecule has 1 aromatic heterocycles. The van der Waals surface area contributed by atoms with Crippen molar-refractivity contribution in [1.29, 1.82) is 0 Å². The number of ether oxygens (including phenoxy) is 3. The highest BCUT2D eigenvalue weighted by molar-refractivity contribution is 5.97. The number of nitrogens with one attached hydrogen (secondary N) is 2. The third-order valence-corrected chi connectivity index (χ3v) is 5.56. The van der Waals surface area contributed by atoms with Gasteiger partial charge in [0.05, 0.1) is 47.8 Å². The van der Waals surface area contributed by atoms with E-state index in [0.717, 1.165) is 0 Å². The molecule has 9 nitrogen and oxygen atoms in total. The first-order chi connectivity index (χ1) is 16.9. The molecule has 180 valence electrons. The molecular weight excluding hydrogens is 450 g/mol. The number of pyridine rings is 1. The molecule has 2 amide bonds. The minimum absolute atomic E-state index is 0.149. The number of benzene rings is 2. The third-order valence-electron chi connectivity index (χ3n) is 5.56. The first-order valence-corrected chi connectivity index (χ1v) is 11.1. The van der Waals surface area contributed by atoms with Crippen molar-refractivity contribution in [2.45, 2.75) is 19.9 Å². The van der Waals surface area contributed by atoms with E-state index in [1.165, 1.54) is 0 Å². The fraction of sp³-hybridized carbons (Fsp3) is 0.231. The standard InChI is InChI=1S/C26H25N3O6/c1-4-34-25(31)22-21(28-26(32)29-23(22)16-8-6-5-7-9-16)14-35-24(30)19-13-17-12-18(33-3)10-11-20(17)27-15(19)2/h5-13,23H,4,14H2,1-3H3,(H2,28,29,32). The number of rotatable bonds is 7. The van der Waals surface area contributed by atoms with Crippen LogP contribution in [0.4, 0.5) is 4.79 Å². The zero-order valence-electron chi connectivity index (χ0n) is 19.6. The third kappa shape index (κ3) is 5.08. The Balaban J connectivity index is 1.65. The number of amides is 2. The smallest absolute Gasteiger partial charge is 0.340 e. The van der Waals surface area contributed by atoms with Crippen molar-refractivity contribution in [3.8, 4) is 5.75 Å². The topological polar surface area (TPSA) is 116 Å². The maximum Gasteiger partial charge on any atom is 0.340 e. The van der Waals surface area contributed by atoms with Gasteiger partial charge >= 0.3 is 18.0 Å². The van der Waals surface area contributed by atoms with Crippen LogP contribution >= 0.6 is 0 Å². The van der Waals surface area contributed by atoms with Crippen LogP contribution in [0.5, 0.6) is 5.75 Å². The van der Waals surface area contributed by atoms with Crippen molar-refractivity contribution in [3.63, 3.8) is 0 Å². The molecule has 1 unspecified atom stereocenters. The summed E-state index contributed by atoms with van der Waals surface area (Å²) < 4.78 is 16.0. The molecule has 2 N–H and O–H groups in total. The molecule has 2 aromatic carbocycles. The van der Waals surface area contributed by atoms with Gasteiger partial charge in [0, 0.05) is 5.39 Å². The number of hydrogen-bond donors (Lipinski definition) is 2. The molecule has 0 fully saturated rings. The second-order valence-electron chi connectivity index (χ2n) is 7.81. The number of hydrogen-bond acceptors (Lipinski definition) is 7. The number of aryl methyl sites for hydroxylation is 1. The Bertz CT molecular complexity index is 1320. The van der Waals surface area contributed by atoms with Crippen LogP contribution in [0.15, 0.2) is 65.9 Å². The van der Waals surface area contributed by atoms with Gasteiger partial charge in [0.15, 0.2) is 0 Å². The maximum atomic E-state index is 13.0. The molecule has 1 aliphatic rings. The summed E-state index contributed by atoms with van der Waals surface area (Å²) in [6.45, 7) is 3.21. The van der Waals surface area contributed by atoms with Crippen LogP contribution in [0.3, 0.4) is 0 Å². The van der Waals surface area contributed by atoms with Gasteiger partial charge in [-0.15, -0.1) is 0 Å². The molecule has 0 saturated heterocycles. The van der Waals surface area contributed by atoms with Gasteiger partial charge in [-0.3, -0.25) is 4.98 Å². The number of carbonyl (C=O) groups is 3. The summed E-state index contributed by atoms with van der Waals surface area (Å²) in [6.07, 6.45) is 0. The molecular formula is C26H25N3O6. The fourth-order valence-electron chi connectivity index (χ4n) is 3.88. The van der Waals surface area contributed by atoms with E-state index in [1.807, 2.05) is 6.07 Å². The average molecular weight is 476 g/mol. The predicted octanol–water partition coefficient (Wildman–Crippen LogP) is 3.58. The highest BCUT2D eigenvalue weighted by atomic mass is 16.5. The van der Waals surface area contributed by atoms with Crippen molar-refractivity contribution >= 4 is 28.9 Å². The van der Waals surface area contributed by atoms with E-state index in [4.69, 9.17) is 14.2 Å². The van der Waals surface area contributed by atoms with E-state index in [2.05, 4.69) is 15.6 Å². The van der Waals surface area contributed by atoms with Crippen molar-refractivity contribution in [2.75, 3.05) is 20.3 Å². The Kier molecular flexibility index (Phi) is 6.96. The Labute approximate surface area is 202 Å². The van der Waals surface area contributed by atoms with Gasteiger partial charge in [0.2, 0.25) is 0 Å². The van der Waals surface area contributed by atoms with Gasteiger partial charge < -0.3 is 24.8 Å². The van der Waals surface area contributed by atoms with Gasteiger partial charge in [0.1, 0.15) is 12.4 Å². The Morgan fingerprint density at radius 2 is 1.80 bits per heavy atom. The largest absolute Gasteiger partial charge is 0.497 e. The predicted molar refractivity (Wildman–Crippen MR) is 128 cm³/mol. The maximum absolute atomic E-state index is 13.0. The molecule has 9 heteroatoms. The molecule has 0 bridgehead atoms. The second kappa shape index (κ2) is 10.3. The lowest BCUT2D eigenvalue weighted by molar-refractivity contribution is -0.139. The van der Waals surface area contributed by atoms with Gasteiger partial charge in [-0.1, -0.05) is 30.3 Å². The summed E-state index contributed by atoms with van der Waals surface area (Å²) in [6, 6.07) is 14.8. The monoisotopic (exact) mass is 475 g/mol. The number of fused-ring (bicyclic) bond motifs is 1. The fourth-order valence-corrected chi connectivity index (χ4v) is 3.88. The van der Waals surface area contributed by atoms with Crippen LogP contribution in [0, 0.1) is 6.92 Å². The molecule has 1 aliphatic heterocycles. The molecule has 1 atom stereocenters. The van der Waals surface area contributed by atoms with E-state index in [-0.39, 0.29) is 30.0 Å². The van der Waals surface area contributed by atoms with Crippen molar-refractivity contribution < 1.29 is 28.6 Å². The molecule has 4 rings (SSSR count). The highest BCUT2D eigenvalue weighted by Crippen LogP contribution is 2.28. The van der Waals surface area contributed by atoms with E-state index in [0.29, 0.717) is 27.9 Å². The van der Waals surface area contributed by atoms with Crippen LogP contribution in [-0.4, -0.2) is 43.3 Å². The van der Waals surface area contributed by atoms with Crippen molar-refractivity contribution in [3.05, 3.63) is 82.7 Å². The SMILES string of the molecule is CCOC(=O)C1=C(COC(=O)c2cc3cc(OC)ccc3nc2C)NC(=O)NC1c1ccccc1. The van der Waals surface area contributed by atoms with Gasteiger partial charge in [-0.2, -0.15) is 0 Å². The summed E-state index contributed by atoms with van der Waals surface area (Å²) in [5, 5.41) is 6.05. The quantitative estimate of drug-likeness (QED) is 0.502. The summed E-state index contributed by atoms with van der Waals surface area (Å²) in [5.74, 6) is -0.619. The average Bonchev–Trinajstić information content (AvgIpc) is 2.86. The van der Waals surface area contributed by atoms with E-state index in [1.54, 1.807) is 69.5 Å². The number of nitrogens with zero attached hydrogens (tertiary/aromatic N) is 1. The minimum Gasteiger partial charge on any atom is -0.497 e. The zero-order valence-corrected chi connectivity index (χ0v) is 19.6. The molecule has 0 spiro atoms. The molecule has 2 heterocycles. The van der Waals surface area contributed by atoms with Crippen LogP contribution in [0.25, 0.3) is 10.9 Å². The zero-order chi connectivity index (χ0) is 24.9. The molecule has 0 saturated carbocycles. The van der Waals surface area contributed by atoms with Gasteiger partial charge in [-0.25, -0.2) is 14.4 Å². The minimum atomic E-state index is -0.755. The number of urea groups is 1. The second-order valence-corrected chi connectivity index (χ2v) is 7.81. The molecule has 35 heavy (non-hydrogen) atoms. The lowest BCUT2D eigenvalue weighted by Crippen LogP contribution is -2.47. The summed E-state index contributed by atoms with van der Waals surface area (Å²) >= 11 is 0. The number of aromatic nitrogens is 1. The summed E-state index contributed by atoms with van der Waals surface area (Å²) in [4.78, 5) is 42.7. The first-order valence-electron chi connectivity index (χ1n) is 11.1. The van der Waals surface area contributed by atoms with Crippen molar-refractivity contribution in [1.82, 2.24) is 15.6 Å². The van der Waals surface area contributed by atoms with Crippen LogP contribution < -0.4 is 15.4 Å². The molecule has 0 aliphatic carbocycles. The van der Waals surface area contributed by atoms with E-state index < -0.39 is 24.0 Å². The van der Waals surface area contributed by atoms with Crippen LogP contribution in [0.1, 0.15) is 34.6 Å². The Morgan fingerprint density at radius 3 is 2.51 bits per heavy atom. The molecule has 3 aromatic rings. The lowest BCUT2D eigenvalue weighted by atomic mass is 9.95. The summed E-state index contributed by atoms with van der Waals surface area (Å²) in [5.41, 5.74) is 2.49. The number of esters is 2. The van der Waals surface area contributed by atoms with Crippen LogP contribution in [0.2, 0.25) is 0 Å². The Morgan fingerprint density at radius 1 is 1.03 bits per heavy atom. The highest BCUT2D eigenvalue weighted by Gasteiger charge is 2.34. The van der Waals surface area contributed by atoms with Gasteiger partial charge in [-0.05, 0) is 43.7 Å². The number of carbonyl (C=O) groups excluding carboxylic acids is 3. The van der Waals surface area contributed by atoms with Crippen molar-refractivity contribution in [2.24, 2.45) is 0 Å². The lowest BCUT2D eigenvalue weighted by Gasteiger charge is -2.29. The number of methoxy groups -OCH3 is 1. The molecule has 0 radical (unpaired) electrons. The first kappa shape index (κ1) is 23.7. The van der Waals surface area contributed by atoms with E-state index >= 15 is 0 Å². The van der Waals surface area contributed by atoms with Gasteiger partial charge in [0.25, 0.3) is 0 Å².